The summed E-state index contributed by atoms with van der Waals surface area (Å²) in [5, 5.41) is 9.30. The van der Waals surface area contributed by atoms with E-state index in [1.165, 1.54) is 4.90 Å². The van der Waals surface area contributed by atoms with Gasteiger partial charge in [-0.2, -0.15) is 0 Å². The highest BCUT2D eigenvalue weighted by molar-refractivity contribution is 8.26. The quantitative estimate of drug-likeness (QED) is 0.327. The zero-order valence-corrected chi connectivity index (χ0v) is 20.8. The Balaban J connectivity index is 1.59. The van der Waals surface area contributed by atoms with Gasteiger partial charge >= 0.3 is 11.9 Å². The smallest absolute Gasteiger partial charge is 0.326 e. The highest BCUT2D eigenvalue weighted by Crippen LogP contribution is 2.45. The first-order valence-electron chi connectivity index (χ1n) is 10.5. The Morgan fingerprint density at radius 3 is 2.60 bits per heavy atom. The summed E-state index contributed by atoms with van der Waals surface area (Å²) in [6.07, 6.45) is -0.287. The van der Waals surface area contributed by atoms with Gasteiger partial charge in [0, 0.05) is 17.1 Å². The van der Waals surface area contributed by atoms with E-state index in [2.05, 4.69) is 0 Å². The molecule has 0 unspecified atom stereocenters. The van der Waals surface area contributed by atoms with Crippen molar-refractivity contribution in [1.29, 1.82) is 0 Å². The Bertz CT molecular complexity index is 1310. The first kappa shape index (κ1) is 24.9. The molecule has 2 aromatic carbocycles. The van der Waals surface area contributed by atoms with Crippen LogP contribution < -0.4 is 4.90 Å². The summed E-state index contributed by atoms with van der Waals surface area (Å²) < 4.78 is 5.53. The lowest BCUT2D eigenvalue weighted by atomic mass is 10.1. The Kier molecular flexibility index (Phi) is 7.25. The summed E-state index contributed by atoms with van der Waals surface area (Å²) in [6, 6.07) is 12.3. The monoisotopic (exact) mass is 530 g/mol. The van der Waals surface area contributed by atoms with Crippen molar-refractivity contribution in [2.24, 2.45) is 0 Å². The molecule has 2 amide bonds. The fourth-order valence-electron chi connectivity index (χ4n) is 3.77. The van der Waals surface area contributed by atoms with Crippen LogP contribution in [-0.2, 0) is 30.5 Å². The number of carboxylic acids is 1. The molecule has 1 saturated heterocycles. The highest BCUT2D eigenvalue weighted by Gasteiger charge is 2.42. The van der Waals surface area contributed by atoms with Crippen LogP contribution in [0.1, 0.15) is 23.1 Å². The van der Waals surface area contributed by atoms with Gasteiger partial charge in [0.1, 0.15) is 17.5 Å². The molecule has 0 bridgehead atoms. The van der Waals surface area contributed by atoms with Crippen LogP contribution in [0.15, 0.2) is 47.4 Å². The maximum Gasteiger partial charge on any atom is 0.326 e. The van der Waals surface area contributed by atoms with Gasteiger partial charge in [0.15, 0.2) is 0 Å². The number of aliphatic carboxylic acids is 1. The number of thioether (sulfide) groups is 1. The first-order valence-corrected chi connectivity index (χ1v) is 12.1. The maximum absolute atomic E-state index is 13.4. The first-order chi connectivity index (χ1) is 16.7. The Morgan fingerprint density at radius 1 is 1.11 bits per heavy atom. The lowest BCUT2D eigenvalue weighted by Gasteiger charge is -2.16. The number of nitrogens with zero attached hydrogens (tertiary/aromatic N) is 2. The predicted octanol–water partition coefficient (Wildman–Crippen LogP) is 3.78. The van der Waals surface area contributed by atoms with E-state index in [0.717, 1.165) is 27.8 Å². The molecule has 4 rings (SSSR count). The number of aryl methyl sites for hydroxylation is 1. The maximum atomic E-state index is 13.4. The number of halogens is 1. The number of amides is 2. The molecule has 35 heavy (non-hydrogen) atoms. The summed E-state index contributed by atoms with van der Waals surface area (Å²) in [5.41, 5.74) is 2.74. The van der Waals surface area contributed by atoms with Crippen LogP contribution in [0.2, 0.25) is 5.02 Å². The van der Waals surface area contributed by atoms with Gasteiger partial charge in [0.05, 0.1) is 22.6 Å². The zero-order chi connectivity index (χ0) is 25.3. The van der Waals surface area contributed by atoms with Gasteiger partial charge in [-0.05, 0) is 30.7 Å². The van der Waals surface area contributed by atoms with Crippen LogP contribution in [0.25, 0.3) is 5.57 Å². The number of carbonyl (C=O) groups is 4. The van der Waals surface area contributed by atoms with Gasteiger partial charge in [-0.25, -0.2) is 0 Å². The van der Waals surface area contributed by atoms with Crippen LogP contribution in [0.5, 0.6) is 0 Å². The average molecular weight is 531 g/mol. The van der Waals surface area contributed by atoms with Crippen molar-refractivity contribution in [3.05, 3.63) is 69.1 Å². The van der Waals surface area contributed by atoms with E-state index >= 15 is 0 Å². The summed E-state index contributed by atoms with van der Waals surface area (Å²) in [6.45, 7) is 1.53. The minimum Gasteiger partial charge on any atom is -0.481 e. The van der Waals surface area contributed by atoms with Crippen molar-refractivity contribution >= 4 is 74.9 Å². The standard InChI is InChI=1S/C24H19ClN2O6S2/c1-13-3-2-4-14(9-13)12-33-19(30)11-27-17-6-5-15(25)10-16(17)20(22(27)31)21-23(32)26(24(34)35-21)8-7-18(28)29/h2-6,9-10H,7-8,11-12H2,1H3,(H,28,29)/b21-20-. The number of hydrogen-bond acceptors (Lipinski definition) is 7. The van der Waals surface area contributed by atoms with E-state index in [1.54, 1.807) is 18.2 Å². The number of thiocarbonyl (C=S) groups is 1. The Labute approximate surface area is 215 Å². The molecule has 1 N–H and O–H groups in total. The van der Waals surface area contributed by atoms with Crippen LogP contribution >= 0.6 is 35.6 Å². The molecule has 0 aliphatic carbocycles. The van der Waals surface area contributed by atoms with Gasteiger partial charge in [0.25, 0.3) is 11.8 Å². The van der Waals surface area contributed by atoms with Gasteiger partial charge in [-0.15, -0.1) is 0 Å². The largest absolute Gasteiger partial charge is 0.481 e. The number of anilines is 1. The molecule has 2 aromatic rings. The average Bonchev–Trinajstić information content (AvgIpc) is 3.22. The molecule has 0 spiro atoms. The summed E-state index contributed by atoms with van der Waals surface area (Å²) in [5.74, 6) is -2.81. The molecule has 2 aliphatic rings. The topological polar surface area (TPSA) is 104 Å². The van der Waals surface area contributed by atoms with Crippen molar-refractivity contribution in [2.45, 2.75) is 20.0 Å². The third-order valence-corrected chi connectivity index (χ3v) is 7.06. The minimum absolute atomic E-state index is 0.0606. The minimum atomic E-state index is -1.07. The number of rotatable bonds is 7. The molecular weight excluding hydrogens is 512 g/mol. The number of fused-ring (bicyclic) bond motifs is 1. The summed E-state index contributed by atoms with van der Waals surface area (Å²) in [4.78, 5) is 52.5. The van der Waals surface area contributed by atoms with Gasteiger partial charge in [-0.3, -0.25) is 29.0 Å². The van der Waals surface area contributed by atoms with Crippen LogP contribution in [-0.4, -0.2) is 51.2 Å². The second kappa shape index (κ2) is 10.2. The third kappa shape index (κ3) is 5.24. The van der Waals surface area contributed by atoms with Crippen LogP contribution in [0.4, 0.5) is 5.69 Å². The van der Waals surface area contributed by atoms with Crippen molar-refractivity contribution in [1.82, 2.24) is 4.90 Å². The molecule has 2 heterocycles. The second-order valence-electron chi connectivity index (χ2n) is 7.88. The van der Waals surface area contributed by atoms with Crippen molar-refractivity contribution in [2.75, 3.05) is 18.0 Å². The molecule has 180 valence electrons. The van der Waals surface area contributed by atoms with E-state index in [0.29, 0.717) is 16.3 Å². The second-order valence-corrected chi connectivity index (χ2v) is 9.96. The number of hydrogen-bond donors (Lipinski definition) is 1. The van der Waals surface area contributed by atoms with Crippen molar-refractivity contribution in [3.63, 3.8) is 0 Å². The predicted molar refractivity (Wildman–Crippen MR) is 136 cm³/mol. The summed E-state index contributed by atoms with van der Waals surface area (Å²) >= 11 is 12.3. The molecule has 0 saturated carbocycles. The lowest BCUT2D eigenvalue weighted by molar-refractivity contribution is -0.144. The number of benzene rings is 2. The number of ether oxygens (including phenoxy) is 1. The van der Waals surface area contributed by atoms with Gasteiger partial charge in [0.2, 0.25) is 0 Å². The van der Waals surface area contributed by atoms with E-state index in [-0.39, 0.29) is 40.9 Å². The molecule has 0 aromatic heterocycles. The lowest BCUT2D eigenvalue weighted by Crippen LogP contribution is -2.34. The fourth-order valence-corrected chi connectivity index (χ4v) is 5.32. The highest BCUT2D eigenvalue weighted by atomic mass is 35.5. The molecular formula is C24H19ClN2O6S2. The SMILES string of the molecule is Cc1cccc(COC(=O)CN2C(=O)/C(=C3\SC(=S)N(CCC(=O)O)C3=O)c3cc(Cl)ccc32)c1. The van der Waals surface area contributed by atoms with E-state index in [1.807, 2.05) is 31.2 Å². The molecule has 11 heteroatoms. The van der Waals surface area contributed by atoms with Crippen LogP contribution in [0.3, 0.4) is 0 Å². The third-order valence-electron chi connectivity index (χ3n) is 5.37. The number of esters is 1. The normalized spacial score (nSPS) is 17.3. The van der Waals surface area contributed by atoms with E-state index in [4.69, 9.17) is 33.7 Å². The molecule has 2 aliphatic heterocycles. The van der Waals surface area contributed by atoms with Gasteiger partial charge in [-0.1, -0.05) is 65.4 Å². The molecule has 1 fully saturated rings. The Hall–Kier alpha value is -3.21. The Morgan fingerprint density at radius 2 is 1.89 bits per heavy atom. The summed E-state index contributed by atoms with van der Waals surface area (Å²) in [7, 11) is 0. The number of carboxylic acid groups (broad SMARTS) is 1. The zero-order valence-electron chi connectivity index (χ0n) is 18.4. The van der Waals surface area contributed by atoms with Crippen LogP contribution in [0, 0.1) is 6.92 Å². The van der Waals surface area contributed by atoms with Crippen molar-refractivity contribution < 1.29 is 29.0 Å². The number of carbonyl (C=O) groups excluding carboxylic acids is 3. The molecule has 0 radical (unpaired) electrons. The molecule has 0 atom stereocenters. The van der Waals surface area contributed by atoms with E-state index < -0.39 is 23.8 Å². The molecule has 8 nitrogen and oxygen atoms in total. The van der Waals surface area contributed by atoms with Crippen molar-refractivity contribution in [3.8, 4) is 0 Å². The fraction of sp³-hybridized carbons (Fsp3) is 0.208. The van der Waals surface area contributed by atoms with E-state index in [9.17, 15) is 19.2 Å². The van der Waals surface area contributed by atoms with Gasteiger partial charge < -0.3 is 9.84 Å².